The highest BCUT2D eigenvalue weighted by molar-refractivity contribution is 7.89. The molecule has 8 heteroatoms. The molecule has 3 rings (SSSR count). The molecule has 1 aliphatic rings. The second-order valence-corrected chi connectivity index (χ2v) is 9.17. The molecule has 0 radical (unpaired) electrons. The van der Waals surface area contributed by atoms with Gasteiger partial charge < -0.3 is 10.1 Å². The fourth-order valence-electron chi connectivity index (χ4n) is 2.89. The van der Waals surface area contributed by atoms with E-state index in [2.05, 4.69) is 5.32 Å². The summed E-state index contributed by atoms with van der Waals surface area (Å²) in [6.07, 6.45) is 0.876. The summed E-state index contributed by atoms with van der Waals surface area (Å²) in [5, 5.41) is 2.75. The van der Waals surface area contributed by atoms with E-state index in [0.29, 0.717) is 19.7 Å². The van der Waals surface area contributed by atoms with Crippen LogP contribution < -0.4 is 5.32 Å². The van der Waals surface area contributed by atoms with Crippen LogP contribution in [0, 0.1) is 5.82 Å². The smallest absolute Gasteiger partial charge is 0.251 e. The van der Waals surface area contributed by atoms with Gasteiger partial charge in [-0.15, -0.1) is 0 Å². The van der Waals surface area contributed by atoms with Gasteiger partial charge in [0.15, 0.2) is 0 Å². The number of rotatable bonds is 8. The molecule has 156 valence electrons. The predicted molar refractivity (Wildman–Crippen MR) is 107 cm³/mol. The molecule has 2 aromatic rings. The van der Waals surface area contributed by atoms with Crippen LogP contribution in [0.2, 0.25) is 0 Å². The molecule has 1 amide bonds. The number of ether oxygens (including phenoxy) is 1. The van der Waals surface area contributed by atoms with Gasteiger partial charge in [0.25, 0.3) is 5.91 Å². The Morgan fingerprint density at radius 3 is 2.55 bits per heavy atom. The van der Waals surface area contributed by atoms with E-state index < -0.39 is 26.6 Å². The first kappa shape index (κ1) is 21.4. The Balaban J connectivity index is 1.68. The van der Waals surface area contributed by atoms with Crippen LogP contribution in [-0.2, 0) is 27.9 Å². The van der Waals surface area contributed by atoms with E-state index in [4.69, 9.17) is 4.74 Å². The fourth-order valence-corrected chi connectivity index (χ4v) is 4.49. The number of nitrogens with zero attached hydrogens (tertiary/aromatic N) is 1. The average Bonchev–Trinajstić information content (AvgIpc) is 2.63. The summed E-state index contributed by atoms with van der Waals surface area (Å²) in [4.78, 5) is 12.0. The first-order valence-electron chi connectivity index (χ1n) is 9.54. The average molecular weight is 421 g/mol. The largest absolute Gasteiger partial charge is 0.374 e. The Morgan fingerprint density at radius 1 is 1.17 bits per heavy atom. The van der Waals surface area contributed by atoms with E-state index in [1.165, 1.54) is 10.4 Å². The number of hydrogen-bond donors (Lipinski definition) is 1. The monoisotopic (exact) mass is 420 g/mol. The summed E-state index contributed by atoms with van der Waals surface area (Å²) in [5.74, 6) is -1.32. The van der Waals surface area contributed by atoms with Crippen LogP contribution in [0.4, 0.5) is 4.39 Å². The molecule has 0 saturated carbocycles. The number of benzene rings is 2. The van der Waals surface area contributed by atoms with Gasteiger partial charge in [-0.25, -0.2) is 12.8 Å². The minimum absolute atomic E-state index is 0.102. The third kappa shape index (κ3) is 5.20. The zero-order valence-electron chi connectivity index (χ0n) is 16.5. The lowest BCUT2D eigenvalue weighted by Crippen LogP contribution is -2.42. The number of carbonyl (C=O) groups is 1. The maximum Gasteiger partial charge on any atom is 0.251 e. The lowest BCUT2D eigenvalue weighted by atomic mass is 10.1. The van der Waals surface area contributed by atoms with E-state index in [9.17, 15) is 17.6 Å². The molecule has 6 nitrogen and oxygen atoms in total. The molecule has 1 N–H and O–H groups in total. The Morgan fingerprint density at radius 2 is 1.90 bits per heavy atom. The van der Waals surface area contributed by atoms with Crippen LogP contribution in [0.1, 0.15) is 41.8 Å². The number of amides is 1. The van der Waals surface area contributed by atoms with Crippen LogP contribution in [-0.4, -0.2) is 37.8 Å². The zero-order valence-corrected chi connectivity index (χ0v) is 17.3. The first-order chi connectivity index (χ1) is 13.8. The van der Waals surface area contributed by atoms with Crippen LogP contribution in [0.25, 0.3) is 0 Å². The van der Waals surface area contributed by atoms with Crippen molar-refractivity contribution in [3.05, 3.63) is 65.0 Å². The van der Waals surface area contributed by atoms with Crippen molar-refractivity contribution in [2.75, 3.05) is 13.1 Å². The van der Waals surface area contributed by atoms with E-state index in [0.717, 1.165) is 29.7 Å². The highest BCUT2D eigenvalue weighted by Crippen LogP contribution is 2.24. The van der Waals surface area contributed by atoms with E-state index in [1.54, 1.807) is 0 Å². The quantitative estimate of drug-likeness (QED) is 0.712. The third-order valence-electron chi connectivity index (χ3n) is 4.65. The molecular formula is C21H25FN2O4S. The molecule has 1 heterocycles. The third-order valence-corrected chi connectivity index (χ3v) is 6.57. The number of sulfonamides is 1. The van der Waals surface area contributed by atoms with Gasteiger partial charge in [-0.3, -0.25) is 4.79 Å². The molecule has 0 atom stereocenters. The minimum atomic E-state index is -3.91. The van der Waals surface area contributed by atoms with Gasteiger partial charge in [0.2, 0.25) is 10.0 Å². The molecule has 1 saturated heterocycles. The Bertz CT molecular complexity index is 988. The highest BCUT2D eigenvalue weighted by atomic mass is 32.2. The maximum absolute atomic E-state index is 14.1. The molecule has 0 aliphatic carbocycles. The van der Waals surface area contributed by atoms with E-state index in [1.807, 2.05) is 38.1 Å². The summed E-state index contributed by atoms with van der Waals surface area (Å²) in [6, 6.07) is 11.1. The first-order valence-corrected chi connectivity index (χ1v) is 11.0. The molecule has 1 fully saturated rings. The van der Waals surface area contributed by atoms with Crippen molar-refractivity contribution in [3.63, 3.8) is 0 Å². The fraction of sp³-hybridized carbons (Fsp3) is 0.381. The molecule has 2 aromatic carbocycles. The number of halogens is 1. The lowest BCUT2D eigenvalue weighted by molar-refractivity contribution is 0.0657. The van der Waals surface area contributed by atoms with Gasteiger partial charge in [0, 0.05) is 25.2 Å². The topological polar surface area (TPSA) is 75.7 Å². The Labute approximate surface area is 170 Å². The summed E-state index contributed by atoms with van der Waals surface area (Å²) in [7, 11) is -3.91. The van der Waals surface area contributed by atoms with Crippen molar-refractivity contribution < 1.29 is 22.3 Å². The Hall–Kier alpha value is -2.29. The standard InChI is InChI=1S/C21H25FN2O4S/c1-15(2)28-14-17-6-3-5-16(11-17)13-23-21(25)18-7-8-19(22)20(12-18)29(26,27)24-9-4-10-24/h3,5-8,11-12,15H,4,9-10,13-14H2,1-2H3,(H,23,25). The van der Waals surface area contributed by atoms with Gasteiger partial charge in [-0.05, 0) is 49.6 Å². The van der Waals surface area contributed by atoms with Crippen LogP contribution in [0.5, 0.6) is 0 Å². The van der Waals surface area contributed by atoms with Crippen molar-refractivity contribution >= 4 is 15.9 Å². The van der Waals surface area contributed by atoms with Crippen molar-refractivity contribution in [2.24, 2.45) is 0 Å². The second kappa shape index (κ2) is 9.02. The van der Waals surface area contributed by atoms with Crippen LogP contribution in [0.15, 0.2) is 47.4 Å². The summed E-state index contributed by atoms with van der Waals surface area (Å²) in [6.45, 7) is 5.41. The predicted octanol–water partition coefficient (Wildman–Crippen LogP) is 3.08. The molecular weight excluding hydrogens is 395 g/mol. The Kier molecular flexibility index (Phi) is 6.66. The molecule has 1 aliphatic heterocycles. The van der Waals surface area contributed by atoms with Crippen LogP contribution >= 0.6 is 0 Å². The van der Waals surface area contributed by atoms with Gasteiger partial charge in [-0.1, -0.05) is 24.3 Å². The summed E-state index contributed by atoms with van der Waals surface area (Å²) in [5.41, 5.74) is 1.98. The van der Waals surface area contributed by atoms with Crippen molar-refractivity contribution in [1.29, 1.82) is 0 Å². The molecule has 0 aromatic heterocycles. The number of carbonyl (C=O) groups excluding carboxylic acids is 1. The van der Waals surface area contributed by atoms with Crippen molar-refractivity contribution in [3.8, 4) is 0 Å². The molecule has 0 bridgehead atoms. The number of nitrogens with one attached hydrogen (secondary N) is 1. The van der Waals surface area contributed by atoms with Crippen LogP contribution in [0.3, 0.4) is 0 Å². The molecule has 0 unspecified atom stereocenters. The zero-order chi connectivity index (χ0) is 21.0. The number of hydrogen-bond acceptors (Lipinski definition) is 4. The minimum Gasteiger partial charge on any atom is -0.374 e. The van der Waals surface area contributed by atoms with E-state index in [-0.39, 0.29) is 18.2 Å². The van der Waals surface area contributed by atoms with Gasteiger partial charge >= 0.3 is 0 Å². The highest BCUT2D eigenvalue weighted by Gasteiger charge is 2.32. The van der Waals surface area contributed by atoms with Gasteiger partial charge in [-0.2, -0.15) is 4.31 Å². The van der Waals surface area contributed by atoms with Gasteiger partial charge in [0.05, 0.1) is 12.7 Å². The lowest BCUT2D eigenvalue weighted by Gasteiger charge is -2.29. The summed E-state index contributed by atoms with van der Waals surface area (Å²) < 4.78 is 45.9. The maximum atomic E-state index is 14.1. The normalized spacial score (nSPS) is 14.6. The molecule has 29 heavy (non-hydrogen) atoms. The van der Waals surface area contributed by atoms with Crippen molar-refractivity contribution in [2.45, 2.75) is 44.4 Å². The van der Waals surface area contributed by atoms with Gasteiger partial charge in [0.1, 0.15) is 10.7 Å². The van der Waals surface area contributed by atoms with Crippen molar-refractivity contribution in [1.82, 2.24) is 9.62 Å². The van der Waals surface area contributed by atoms with E-state index >= 15 is 0 Å². The SMILES string of the molecule is CC(C)OCc1cccc(CNC(=O)c2ccc(F)c(S(=O)(=O)N3CCC3)c2)c1. The molecule has 0 spiro atoms. The summed E-state index contributed by atoms with van der Waals surface area (Å²) >= 11 is 0. The second-order valence-electron chi connectivity index (χ2n) is 7.27.